The standard InChI is InChI=1S/C18H24N2O2S/c1-13(12-23(2)22)19-18(21)20-16-8-9-17(20)11-15(10-16)14-6-4-3-5-7-14/h3-7,10,13,16-17H,8-9,11-12H2,1-2H3,(H,19,21)/t13-,16+,17+,23+/m0/s1. The van der Waals surface area contributed by atoms with Crippen molar-refractivity contribution in [2.24, 2.45) is 0 Å². The van der Waals surface area contributed by atoms with Gasteiger partial charge in [0, 0.05) is 34.9 Å². The van der Waals surface area contributed by atoms with Gasteiger partial charge in [-0.05, 0) is 37.3 Å². The molecule has 5 heteroatoms. The molecule has 1 N–H and O–H groups in total. The van der Waals surface area contributed by atoms with Crippen LogP contribution in [-0.2, 0) is 10.8 Å². The minimum absolute atomic E-state index is 0.0150. The van der Waals surface area contributed by atoms with Gasteiger partial charge in [0.05, 0.1) is 6.04 Å². The number of amides is 2. The lowest BCUT2D eigenvalue weighted by Gasteiger charge is -2.35. The number of nitrogens with one attached hydrogen (secondary N) is 1. The van der Waals surface area contributed by atoms with Crippen LogP contribution in [0.1, 0.15) is 31.7 Å². The average Bonchev–Trinajstić information content (AvgIpc) is 2.77. The van der Waals surface area contributed by atoms with Gasteiger partial charge in [-0.2, -0.15) is 0 Å². The van der Waals surface area contributed by atoms with Crippen LogP contribution in [-0.4, -0.2) is 45.3 Å². The predicted molar refractivity (Wildman–Crippen MR) is 94.6 cm³/mol. The Hall–Kier alpha value is -1.62. The molecule has 2 heterocycles. The van der Waals surface area contributed by atoms with Gasteiger partial charge in [0.2, 0.25) is 0 Å². The zero-order chi connectivity index (χ0) is 16.4. The Morgan fingerprint density at radius 3 is 2.74 bits per heavy atom. The summed E-state index contributed by atoms with van der Waals surface area (Å²) in [6.45, 7) is 1.91. The highest BCUT2D eigenvalue weighted by atomic mass is 32.2. The van der Waals surface area contributed by atoms with Gasteiger partial charge in [-0.3, -0.25) is 4.21 Å². The zero-order valence-electron chi connectivity index (χ0n) is 13.7. The molecule has 1 aromatic rings. The van der Waals surface area contributed by atoms with Gasteiger partial charge in [-0.25, -0.2) is 4.79 Å². The van der Waals surface area contributed by atoms with E-state index in [1.54, 1.807) is 6.26 Å². The summed E-state index contributed by atoms with van der Waals surface area (Å²) in [6.07, 6.45) is 6.92. The number of nitrogens with zero attached hydrogens (tertiary/aromatic N) is 1. The zero-order valence-corrected chi connectivity index (χ0v) is 14.5. The highest BCUT2D eigenvalue weighted by molar-refractivity contribution is 7.84. The third-order valence-corrected chi connectivity index (χ3v) is 5.60. The molecule has 2 bridgehead atoms. The molecule has 2 amide bonds. The smallest absolute Gasteiger partial charge is 0.318 e. The monoisotopic (exact) mass is 332 g/mol. The number of hydrogen-bond donors (Lipinski definition) is 1. The summed E-state index contributed by atoms with van der Waals surface area (Å²) in [5.74, 6) is 0.500. The van der Waals surface area contributed by atoms with Crippen molar-refractivity contribution in [2.75, 3.05) is 12.0 Å². The van der Waals surface area contributed by atoms with Crippen molar-refractivity contribution < 1.29 is 9.00 Å². The number of carbonyl (C=O) groups is 1. The molecule has 23 heavy (non-hydrogen) atoms. The van der Waals surface area contributed by atoms with Crippen LogP contribution in [0.4, 0.5) is 4.79 Å². The molecule has 0 aromatic heterocycles. The lowest BCUT2D eigenvalue weighted by molar-refractivity contribution is 0.177. The first-order valence-electron chi connectivity index (χ1n) is 8.19. The van der Waals surface area contributed by atoms with Crippen molar-refractivity contribution in [3.63, 3.8) is 0 Å². The average molecular weight is 332 g/mol. The van der Waals surface area contributed by atoms with Crippen molar-refractivity contribution in [2.45, 2.75) is 44.3 Å². The predicted octanol–water partition coefficient (Wildman–Crippen LogP) is 2.78. The molecule has 3 rings (SSSR count). The maximum absolute atomic E-state index is 12.6. The maximum atomic E-state index is 12.6. The van der Waals surface area contributed by atoms with E-state index in [-0.39, 0.29) is 24.2 Å². The van der Waals surface area contributed by atoms with E-state index in [1.807, 2.05) is 17.9 Å². The first-order chi connectivity index (χ1) is 11.0. The van der Waals surface area contributed by atoms with Crippen LogP contribution in [0.25, 0.3) is 5.57 Å². The summed E-state index contributed by atoms with van der Waals surface area (Å²) in [5, 5.41) is 3.00. The summed E-state index contributed by atoms with van der Waals surface area (Å²) >= 11 is 0. The second-order valence-corrected chi connectivity index (χ2v) is 8.04. The van der Waals surface area contributed by atoms with E-state index in [2.05, 4.69) is 35.7 Å². The summed E-state index contributed by atoms with van der Waals surface area (Å²) in [7, 11) is -0.895. The lowest BCUT2D eigenvalue weighted by atomic mass is 9.95. The molecule has 124 valence electrons. The summed E-state index contributed by atoms with van der Waals surface area (Å²) < 4.78 is 11.3. The summed E-state index contributed by atoms with van der Waals surface area (Å²) in [6, 6.07) is 10.8. The number of hydrogen-bond acceptors (Lipinski definition) is 2. The molecule has 2 aliphatic heterocycles. The van der Waals surface area contributed by atoms with Crippen LogP contribution in [0, 0.1) is 0 Å². The van der Waals surface area contributed by atoms with Crippen LogP contribution < -0.4 is 5.32 Å². The van der Waals surface area contributed by atoms with E-state index in [0.29, 0.717) is 5.75 Å². The summed E-state index contributed by atoms with van der Waals surface area (Å²) in [4.78, 5) is 14.6. The van der Waals surface area contributed by atoms with E-state index in [0.717, 1.165) is 19.3 Å². The van der Waals surface area contributed by atoms with Crippen molar-refractivity contribution in [3.8, 4) is 0 Å². The van der Waals surface area contributed by atoms with Crippen molar-refractivity contribution in [3.05, 3.63) is 42.0 Å². The largest absolute Gasteiger partial charge is 0.335 e. The van der Waals surface area contributed by atoms with E-state index in [4.69, 9.17) is 0 Å². The van der Waals surface area contributed by atoms with Gasteiger partial charge < -0.3 is 10.2 Å². The number of fused-ring (bicyclic) bond motifs is 2. The molecular weight excluding hydrogens is 308 g/mol. The number of benzene rings is 1. The minimum atomic E-state index is -0.895. The third-order valence-electron chi connectivity index (χ3n) is 4.63. The minimum Gasteiger partial charge on any atom is -0.335 e. The van der Waals surface area contributed by atoms with Crippen molar-refractivity contribution >= 4 is 22.4 Å². The lowest BCUT2D eigenvalue weighted by Crippen LogP contribution is -2.51. The number of rotatable bonds is 4. The quantitative estimate of drug-likeness (QED) is 0.922. The SMILES string of the molecule is C[C@@H](C[S@@](C)=O)NC(=O)N1[C@@H]2CC[C@@H]1C=C(c1ccccc1)C2. The second kappa shape index (κ2) is 6.87. The highest BCUT2D eigenvalue weighted by Gasteiger charge is 2.39. The second-order valence-electron chi connectivity index (χ2n) is 6.56. The molecule has 1 aromatic carbocycles. The van der Waals surface area contributed by atoms with Crippen LogP contribution in [0.3, 0.4) is 0 Å². The van der Waals surface area contributed by atoms with E-state index >= 15 is 0 Å². The molecule has 1 saturated heterocycles. The number of carbonyl (C=O) groups excluding carboxylic acids is 1. The molecule has 1 fully saturated rings. The summed E-state index contributed by atoms with van der Waals surface area (Å²) in [5.41, 5.74) is 2.61. The third kappa shape index (κ3) is 3.66. The van der Waals surface area contributed by atoms with Gasteiger partial charge in [0.1, 0.15) is 0 Å². The van der Waals surface area contributed by atoms with Gasteiger partial charge in [0.15, 0.2) is 0 Å². The van der Waals surface area contributed by atoms with Crippen LogP contribution in [0.2, 0.25) is 0 Å². The molecule has 0 spiro atoms. The Morgan fingerprint density at radius 2 is 2.09 bits per heavy atom. The number of urea groups is 1. The van der Waals surface area contributed by atoms with Crippen LogP contribution >= 0.6 is 0 Å². The fourth-order valence-corrected chi connectivity index (χ4v) is 4.48. The maximum Gasteiger partial charge on any atom is 0.318 e. The van der Waals surface area contributed by atoms with Crippen molar-refractivity contribution in [1.29, 1.82) is 0 Å². The van der Waals surface area contributed by atoms with Gasteiger partial charge in [-0.1, -0.05) is 36.4 Å². The highest BCUT2D eigenvalue weighted by Crippen LogP contribution is 2.38. The molecule has 0 aliphatic carbocycles. The van der Waals surface area contributed by atoms with E-state index in [9.17, 15) is 9.00 Å². The van der Waals surface area contributed by atoms with Crippen molar-refractivity contribution in [1.82, 2.24) is 10.2 Å². The van der Waals surface area contributed by atoms with Crippen LogP contribution in [0.5, 0.6) is 0 Å². The Morgan fingerprint density at radius 1 is 1.35 bits per heavy atom. The Bertz CT molecular complexity index is 629. The Balaban J connectivity index is 1.71. The van der Waals surface area contributed by atoms with Gasteiger partial charge in [-0.15, -0.1) is 0 Å². The fourth-order valence-electron chi connectivity index (χ4n) is 3.69. The molecule has 4 atom stereocenters. The fraction of sp³-hybridized carbons (Fsp3) is 0.500. The first-order valence-corrected chi connectivity index (χ1v) is 9.92. The van der Waals surface area contributed by atoms with E-state index < -0.39 is 10.8 Å². The van der Waals surface area contributed by atoms with Gasteiger partial charge in [0.25, 0.3) is 0 Å². The van der Waals surface area contributed by atoms with E-state index in [1.165, 1.54) is 11.1 Å². The molecule has 0 saturated carbocycles. The molecule has 4 nitrogen and oxygen atoms in total. The Labute approximate surface area is 140 Å². The normalized spacial score (nSPS) is 25.7. The Kier molecular flexibility index (Phi) is 4.85. The molecule has 0 unspecified atom stereocenters. The van der Waals surface area contributed by atoms with Gasteiger partial charge >= 0.3 is 6.03 Å². The molecular formula is C18H24N2O2S. The molecule has 2 aliphatic rings. The first kappa shape index (κ1) is 16.2. The molecule has 0 radical (unpaired) electrons. The van der Waals surface area contributed by atoms with Crippen LogP contribution in [0.15, 0.2) is 36.4 Å². The topological polar surface area (TPSA) is 49.4 Å².